The fourth-order valence-electron chi connectivity index (χ4n) is 5.52. The van der Waals surface area contributed by atoms with Gasteiger partial charge in [-0.05, 0) is 96.3 Å². The molecule has 3 aromatic rings. The predicted molar refractivity (Wildman–Crippen MR) is 189 cm³/mol. The molecule has 1 saturated heterocycles. The van der Waals surface area contributed by atoms with E-state index in [0.717, 1.165) is 12.8 Å². The van der Waals surface area contributed by atoms with Crippen LogP contribution in [0, 0.1) is 19.7 Å². The number of nitrogens with one attached hydrogen (secondary N) is 2. The monoisotopic (exact) mass is 694 g/mol. The van der Waals surface area contributed by atoms with E-state index in [2.05, 4.69) is 15.7 Å². The number of rotatable bonds is 14. The average molecular weight is 695 g/mol. The maximum absolute atomic E-state index is 14.9. The van der Waals surface area contributed by atoms with E-state index in [-0.39, 0.29) is 28.8 Å². The zero-order valence-corrected chi connectivity index (χ0v) is 30.5. The van der Waals surface area contributed by atoms with E-state index in [1.807, 2.05) is 39.6 Å². The van der Waals surface area contributed by atoms with E-state index in [1.54, 1.807) is 60.9 Å². The molecule has 2 heterocycles. The quantitative estimate of drug-likeness (QED) is 0.222. The van der Waals surface area contributed by atoms with Crippen LogP contribution in [0.1, 0.15) is 84.0 Å². The Morgan fingerprint density at radius 3 is 2.46 bits per heavy atom. The number of aryl methyl sites for hydroxylation is 3. The molecule has 12 nitrogen and oxygen atoms in total. The number of halogens is 1. The van der Waals surface area contributed by atoms with Crippen molar-refractivity contribution < 1.29 is 33.0 Å². The lowest BCUT2D eigenvalue weighted by atomic mass is 10.0. The van der Waals surface area contributed by atoms with Gasteiger partial charge in [0, 0.05) is 64.2 Å². The van der Waals surface area contributed by atoms with E-state index in [0.29, 0.717) is 61.8 Å². The van der Waals surface area contributed by atoms with Crippen LogP contribution in [-0.4, -0.2) is 95.6 Å². The number of carbonyl (C=O) groups is 3. The second-order valence-corrected chi connectivity index (χ2v) is 13.8. The second kappa shape index (κ2) is 16.9. The van der Waals surface area contributed by atoms with E-state index in [4.69, 9.17) is 14.2 Å². The number of nitrogens with zero attached hydrogens (tertiary/aromatic N) is 4. The molecule has 1 aromatic heterocycles. The molecule has 2 aromatic carbocycles. The lowest BCUT2D eigenvalue weighted by molar-refractivity contribution is 0.0241. The van der Waals surface area contributed by atoms with E-state index >= 15 is 0 Å². The Morgan fingerprint density at radius 1 is 1.08 bits per heavy atom. The van der Waals surface area contributed by atoms with Gasteiger partial charge < -0.3 is 34.6 Å². The zero-order chi connectivity index (χ0) is 36.6. The van der Waals surface area contributed by atoms with Gasteiger partial charge in [-0.1, -0.05) is 12.1 Å². The van der Waals surface area contributed by atoms with E-state index in [1.165, 1.54) is 12.1 Å². The lowest BCUT2D eigenvalue weighted by Crippen LogP contribution is -2.41. The molecule has 3 amide bonds. The zero-order valence-electron chi connectivity index (χ0n) is 30.5. The first kappa shape index (κ1) is 38.3. The van der Waals surface area contributed by atoms with Gasteiger partial charge in [-0.3, -0.25) is 14.3 Å². The summed E-state index contributed by atoms with van der Waals surface area (Å²) >= 11 is 0. The number of amides is 3. The van der Waals surface area contributed by atoms with Crippen molar-refractivity contribution in [2.24, 2.45) is 7.05 Å². The van der Waals surface area contributed by atoms with Crippen LogP contribution in [0.3, 0.4) is 0 Å². The molecule has 2 atom stereocenters. The molecule has 1 fully saturated rings. The summed E-state index contributed by atoms with van der Waals surface area (Å²) in [5.74, 6) is -0.624. The Labute approximate surface area is 294 Å². The standard InChI is InChI=1S/C37H51FN6O6/c1-9-44(36(47)50-37(4,5)6)17-16-42(7)23-32(26-13-12-24(2)30(38)20-26)49-31-19-25(3)28(35(46)40-33-14-15-43(8)41-33)21-29(31)34(45)39-22-27-11-10-18-48-27/h12-15,19-21,27,32H,9-11,16-18,22-23H2,1-8H3,(H,39,45)(H,40,41,46)/t27-,32-/m1/s1. The van der Waals surface area contributed by atoms with Crippen molar-refractivity contribution in [3.63, 3.8) is 0 Å². The van der Waals surface area contributed by atoms with E-state index in [9.17, 15) is 18.8 Å². The van der Waals surface area contributed by atoms with Crippen LogP contribution in [0.4, 0.5) is 15.0 Å². The Hall–Kier alpha value is -4.49. The predicted octanol–water partition coefficient (Wildman–Crippen LogP) is 5.65. The molecule has 0 bridgehead atoms. The second-order valence-electron chi connectivity index (χ2n) is 13.8. The summed E-state index contributed by atoms with van der Waals surface area (Å²) in [6.45, 7) is 13.4. The molecule has 272 valence electrons. The molecule has 4 rings (SSSR count). The number of aromatic nitrogens is 2. The number of likely N-dealkylation sites (N-methyl/N-ethyl adjacent to an activating group) is 2. The minimum atomic E-state index is -0.719. The highest BCUT2D eigenvalue weighted by Gasteiger charge is 2.26. The summed E-state index contributed by atoms with van der Waals surface area (Å²) in [7, 11) is 3.63. The Morgan fingerprint density at radius 2 is 1.84 bits per heavy atom. The third kappa shape index (κ3) is 10.8. The lowest BCUT2D eigenvalue weighted by Gasteiger charge is -2.30. The van der Waals surface area contributed by atoms with Crippen molar-refractivity contribution >= 4 is 23.7 Å². The number of hydrogen-bond acceptors (Lipinski definition) is 8. The molecule has 0 spiro atoms. The van der Waals surface area contributed by atoms with Crippen LogP contribution in [0.5, 0.6) is 5.75 Å². The minimum Gasteiger partial charge on any atom is -0.484 e. The number of ether oxygens (including phenoxy) is 3. The largest absolute Gasteiger partial charge is 0.484 e. The minimum absolute atomic E-state index is 0.0963. The SMILES string of the molecule is CCN(CCN(C)C[C@@H](Oc1cc(C)c(C(=O)Nc2ccn(C)n2)cc1C(=O)NC[C@H]1CCCO1)c1ccc(C)c(F)c1)C(=O)OC(C)(C)C. The average Bonchev–Trinajstić information content (AvgIpc) is 3.72. The molecule has 1 aliphatic rings. The first-order valence-electron chi connectivity index (χ1n) is 17.1. The summed E-state index contributed by atoms with van der Waals surface area (Å²) in [4.78, 5) is 43.5. The molecule has 2 N–H and O–H groups in total. The number of carbonyl (C=O) groups excluding carboxylic acids is 3. The normalized spacial score (nSPS) is 15.1. The smallest absolute Gasteiger partial charge is 0.410 e. The Kier molecular flexibility index (Phi) is 13.0. The van der Waals surface area contributed by atoms with Crippen LogP contribution >= 0.6 is 0 Å². The van der Waals surface area contributed by atoms with Crippen LogP contribution in [-0.2, 0) is 16.5 Å². The van der Waals surface area contributed by atoms with Gasteiger partial charge >= 0.3 is 6.09 Å². The van der Waals surface area contributed by atoms with Crippen LogP contribution in [0.15, 0.2) is 42.6 Å². The summed E-state index contributed by atoms with van der Waals surface area (Å²) < 4.78 is 34.4. The molecular weight excluding hydrogens is 643 g/mol. The summed E-state index contributed by atoms with van der Waals surface area (Å²) in [6.07, 6.45) is 2.26. The third-order valence-electron chi connectivity index (χ3n) is 8.38. The highest BCUT2D eigenvalue weighted by Crippen LogP contribution is 2.31. The molecule has 0 aliphatic carbocycles. The third-order valence-corrected chi connectivity index (χ3v) is 8.38. The number of benzene rings is 2. The highest BCUT2D eigenvalue weighted by atomic mass is 19.1. The molecule has 1 aliphatic heterocycles. The van der Waals surface area contributed by atoms with Gasteiger partial charge in [-0.2, -0.15) is 5.10 Å². The first-order chi connectivity index (χ1) is 23.6. The molecule has 0 unspecified atom stereocenters. The van der Waals surface area contributed by atoms with Crippen LogP contribution < -0.4 is 15.4 Å². The maximum Gasteiger partial charge on any atom is 0.410 e. The topological polar surface area (TPSA) is 127 Å². The van der Waals surface area contributed by atoms with Crippen LogP contribution in [0.25, 0.3) is 0 Å². The first-order valence-corrected chi connectivity index (χ1v) is 17.1. The van der Waals surface area contributed by atoms with Crippen LogP contribution in [0.2, 0.25) is 0 Å². The van der Waals surface area contributed by atoms with Crippen molar-refractivity contribution in [1.82, 2.24) is 24.9 Å². The molecule has 0 radical (unpaired) electrons. The summed E-state index contributed by atoms with van der Waals surface area (Å²) in [6, 6.07) is 9.78. The van der Waals surface area contributed by atoms with Gasteiger partial charge in [0.15, 0.2) is 5.82 Å². The van der Waals surface area contributed by atoms with Gasteiger partial charge in [0.1, 0.15) is 23.3 Å². The van der Waals surface area contributed by atoms with E-state index < -0.39 is 29.6 Å². The van der Waals surface area contributed by atoms with Gasteiger partial charge in [0.25, 0.3) is 11.8 Å². The van der Waals surface area contributed by atoms with Gasteiger partial charge in [-0.15, -0.1) is 0 Å². The fourth-order valence-corrected chi connectivity index (χ4v) is 5.52. The molecule has 0 saturated carbocycles. The van der Waals surface area contributed by atoms with Crippen molar-refractivity contribution in [3.8, 4) is 5.75 Å². The van der Waals surface area contributed by atoms with Gasteiger partial charge in [-0.25, -0.2) is 9.18 Å². The summed E-state index contributed by atoms with van der Waals surface area (Å²) in [5.41, 5.74) is 1.45. The molecule has 13 heteroatoms. The van der Waals surface area contributed by atoms with Gasteiger partial charge in [0.2, 0.25) is 0 Å². The Bertz CT molecular complexity index is 1650. The number of anilines is 1. The van der Waals surface area contributed by atoms with Crippen molar-refractivity contribution in [3.05, 3.63) is 76.2 Å². The highest BCUT2D eigenvalue weighted by molar-refractivity contribution is 6.07. The molecular formula is C37H51FN6O6. The summed E-state index contributed by atoms with van der Waals surface area (Å²) in [5, 5.41) is 9.96. The number of hydrogen-bond donors (Lipinski definition) is 2. The van der Waals surface area contributed by atoms with Crippen molar-refractivity contribution in [2.45, 2.75) is 72.2 Å². The maximum atomic E-state index is 14.9. The molecule has 50 heavy (non-hydrogen) atoms. The van der Waals surface area contributed by atoms with Gasteiger partial charge in [0.05, 0.1) is 11.7 Å². The fraction of sp³-hybridized carbons (Fsp3) is 0.514. The van der Waals surface area contributed by atoms with Crippen molar-refractivity contribution in [2.75, 3.05) is 51.7 Å². The van der Waals surface area contributed by atoms with Crippen molar-refractivity contribution in [1.29, 1.82) is 0 Å². The Balaban J connectivity index is 1.63.